The van der Waals surface area contributed by atoms with Crippen molar-refractivity contribution < 1.29 is 26.0 Å². The van der Waals surface area contributed by atoms with Crippen LogP contribution >= 0.6 is 0 Å². The van der Waals surface area contributed by atoms with Crippen LogP contribution in [-0.4, -0.2) is 70.0 Å². The predicted molar refractivity (Wildman–Crippen MR) is 92.1 cm³/mol. The highest BCUT2D eigenvalue weighted by Gasteiger charge is 2.42. The van der Waals surface area contributed by atoms with E-state index in [2.05, 4.69) is 10.0 Å². The maximum atomic E-state index is 14.1. The van der Waals surface area contributed by atoms with Gasteiger partial charge in [-0.1, -0.05) is 0 Å². The average Bonchev–Trinajstić information content (AvgIpc) is 2.93. The van der Waals surface area contributed by atoms with E-state index in [-0.39, 0.29) is 41.5 Å². The zero-order valence-corrected chi connectivity index (χ0v) is 15.6. The number of nitrogens with zero attached hydrogens (tertiary/aromatic N) is 2. The molecule has 3 rings (SSSR count). The smallest absolute Gasteiger partial charge is 0.317 e. The molecule has 144 valence electrons. The summed E-state index contributed by atoms with van der Waals surface area (Å²) < 4.78 is 65.5. The van der Waals surface area contributed by atoms with Gasteiger partial charge in [0.25, 0.3) is 0 Å². The summed E-state index contributed by atoms with van der Waals surface area (Å²) in [5, 5.41) is 2.65. The first kappa shape index (κ1) is 18.9. The molecule has 0 spiro atoms. The third-order valence-corrected chi connectivity index (χ3v) is 7.50. The molecule has 2 N–H and O–H groups in total. The van der Waals surface area contributed by atoms with Gasteiger partial charge in [-0.3, -0.25) is 4.72 Å². The summed E-state index contributed by atoms with van der Waals surface area (Å²) in [6.07, 6.45) is 0. The maximum absolute atomic E-state index is 14.1. The van der Waals surface area contributed by atoms with Gasteiger partial charge in [0.05, 0.1) is 22.4 Å². The molecule has 2 fully saturated rings. The Morgan fingerprint density at radius 3 is 2.50 bits per heavy atom. The standard InChI is InChI=1S/C14H19FN4O5S2/c1-2-25(21,22)17-13-4-3-11(7-12(13)15)26(23,24)18-8-10(9-18)19-6-5-16-14(19)20/h3-4,7,10,17H,2,5-6,8-9H2,1H3,(H,16,20). The summed E-state index contributed by atoms with van der Waals surface area (Å²) in [4.78, 5) is 12.9. The minimum absolute atomic E-state index is 0.140. The van der Waals surface area contributed by atoms with Crippen molar-refractivity contribution in [2.45, 2.75) is 17.9 Å². The highest BCUT2D eigenvalue weighted by Crippen LogP contribution is 2.27. The largest absolute Gasteiger partial charge is 0.336 e. The van der Waals surface area contributed by atoms with E-state index in [0.29, 0.717) is 13.1 Å². The molecule has 1 aromatic carbocycles. The van der Waals surface area contributed by atoms with E-state index in [1.165, 1.54) is 6.92 Å². The number of nitrogens with one attached hydrogen (secondary N) is 2. The van der Waals surface area contributed by atoms with Gasteiger partial charge in [-0.2, -0.15) is 4.31 Å². The number of hydrogen-bond donors (Lipinski definition) is 2. The summed E-state index contributed by atoms with van der Waals surface area (Å²) in [5.41, 5.74) is -0.305. The molecule has 2 aliphatic rings. The van der Waals surface area contributed by atoms with Crippen molar-refractivity contribution in [3.8, 4) is 0 Å². The van der Waals surface area contributed by atoms with Gasteiger partial charge in [-0.25, -0.2) is 26.0 Å². The Balaban J connectivity index is 1.72. The first-order valence-electron chi connectivity index (χ1n) is 7.98. The summed E-state index contributed by atoms with van der Waals surface area (Å²) >= 11 is 0. The van der Waals surface area contributed by atoms with Crippen LogP contribution in [0.15, 0.2) is 23.1 Å². The van der Waals surface area contributed by atoms with Gasteiger partial charge >= 0.3 is 6.03 Å². The molecule has 0 atom stereocenters. The van der Waals surface area contributed by atoms with Crippen molar-refractivity contribution in [1.82, 2.24) is 14.5 Å². The van der Waals surface area contributed by atoms with E-state index in [9.17, 15) is 26.0 Å². The molecule has 2 amide bonds. The number of amides is 2. The molecule has 2 saturated heterocycles. The predicted octanol–water partition coefficient (Wildman–Crippen LogP) is -0.0146. The summed E-state index contributed by atoms with van der Waals surface area (Å²) in [6, 6.07) is 2.61. The lowest BCUT2D eigenvalue weighted by atomic mass is 10.1. The Morgan fingerprint density at radius 1 is 1.27 bits per heavy atom. The Morgan fingerprint density at radius 2 is 1.96 bits per heavy atom. The number of carbonyl (C=O) groups excluding carboxylic acids is 1. The Kier molecular flexibility index (Phi) is 4.84. The highest BCUT2D eigenvalue weighted by molar-refractivity contribution is 7.92. The van der Waals surface area contributed by atoms with Crippen molar-refractivity contribution in [2.75, 3.05) is 36.7 Å². The fourth-order valence-electron chi connectivity index (χ4n) is 2.77. The van der Waals surface area contributed by atoms with Crippen molar-refractivity contribution >= 4 is 31.8 Å². The minimum atomic E-state index is -3.91. The summed E-state index contributed by atoms with van der Waals surface area (Å²) in [6.45, 7) is 2.74. The first-order chi connectivity index (χ1) is 12.1. The molecule has 0 aliphatic carbocycles. The monoisotopic (exact) mass is 406 g/mol. The Bertz CT molecular complexity index is 929. The van der Waals surface area contributed by atoms with Gasteiger partial charge in [-0.05, 0) is 25.1 Å². The molecule has 0 unspecified atom stereocenters. The maximum Gasteiger partial charge on any atom is 0.317 e. The first-order valence-corrected chi connectivity index (χ1v) is 11.1. The van der Waals surface area contributed by atoms with Crippen molar-refractivity contribution in [3.63, 3.8) is 0 Å². The van der Waals surface area contributed by atoms with E-state index in [0.717, 1.165) is 22.5 Å². The van der Waals surface area contributed by atoms with Gasteiger partial charge in [0, 0.05) is 26.2 Å². The molecule has 2 aliphatic heterocycles. The molecular weight excluding hydrogens is 387 g/mol. The van der Waals surface area contributed by atoms with E-state index >= 15 is 0 Å². The number of urea groups is 1. The topological polar surface area (TPSA) is 116 Å². The van der Waals surface area contributed by atoms with Crippen molar-refractivity contribution in [1.29, 1.82) is 0 Å². The van der Waals surface area contributed by atoms with Crippen LogP contribution in [0.25, 0.3) is 0 Å². The van der Waals surface area contributed by atoms with Crippen LogP contribution in [0.1, 0.15) is 6.92 Å². The van der Waals surface area contributed by atoms with Gasteiger partial charge in [0.15, 0.2) is 0 Å². The van der Waals surface area contributed by atoms with Gasteiger partial charge in [-0.15, -0.1) is 0 Å². The number of rotatable bonds is 6. The second kappa shape index (κ2) is 6.67. The SMILES string of the molecule is CCS(=O)(=O)Nc1ccc(S(=O)(=O)N2CC(N3CCNC3=O)C2)cc1F. The molecule has 12 heteroatoms. The lowest BCUT2D eigenvalue weighted by molar-refractivity contribution is 0.124. The summed E-state index contributed by atoms with van der Waals surface area (Å²) in [5.74, 6) is -1.20. The number of sulfonamides is 2. The van der Waals surface area contributed by atoms with Crippen LogP contribution in [0.3, 0.4) is 0 Å². The van der Waals surface area contributed by atoms with Crippen LogP contribution in [-0.2, 0) is 20.0 Å². The van der Waals surface area contributed by atoms with Crippen LogP contribution in [0.4, 0.5) is 14.9 Å². The zero-order valence-electron chi connectivity index (χ0n) is 14.0. The molecule has 0 aromatic heterocycles. The van der Waals surface area contributed by atoms with E-state index in [1.54, 1.807) is 4.90 Å². The van der Waals surface area contributed by atoms with Crippen LogP contribution in [0, 0.1) is 5.82 Å². The normalized spacial score (nSPS) is 19.3. The molecule has 2 heterocycles. The Hall–Kier alpha value is -1.92. The number of benzene rings is 1. The van der Waals surface area contributed by atoms with Gasteiger partial charge < -0.3 is 10.2 Å². The van der Waals surface area contributed by atoms with E-state index < -0.39 is 25.9 Å². The number of halogens is 1. The van der Waals surface area contributed by atoms with Crippen LogP contribution in [0.2, 0.25) is 0 Å². The van der Waals surface area contributed by atoms with E-state index in [4.69, 9.17) is 0 Å². The third kappa shape index (κ3) is 3.48. The molecule has 0 bridgehead atoms. The molecule has 1 aromatic rings. The minimum Gasteiger partial charge on any atom is -0.336 e. The van der Waals surface area contributed by atoms with Crippen LogP contribution in [0.5, 0.6) is 0 Å². The highest BCUT2D eigenvalue weighted by atomic mass is 32.2. The lowest BCUT2D eigenvalue weighted by Crippen LogP contribution is -2.61. The van der Waals surface area contributed by atoms with Gasteiger partial charge in [0.1, 0.15) is 5.82 Å². The second-order valence-electron chi connectivity index (χ2n) is 6.05. The molecular formula is C14H19FN4O5S2. The second-order valence-corrected chi connectivity index (χ2v) is 10.00. The molecule has 9 nitrogen and oxygen atoms in total. The van der Waals surface area contributed by atoms with Crippen LogP contribution < -0.4 is 10.0 Å². The number of hydrogen-bond acceptors (Lipinski definition) is 5. The zero-order chi connectivity index (χ0) is 19.1. The third-order valence-electron chi connectivity index (χ3n) is 4.38. The summed E-state index contributed by atoms with van der Waals surface area (Å²) in [7, 11) is -7.58. The van der Waals surface area contributed by atoms with Crippen molar-refractivity contribution in [3.05, 3.63) is 24.0 Å². The fraction of sp³-hybridized carbons (Fsp3) is 0.500. The number of anilines is 1. The molecule has 26 heavy (non-hydrogen) atoms. The number of carbonyl (C=O) groups is 1. The molecule has 0 saturated carbocycles. The average molecular weight is 406 g/mol. The lowest BCUT2D eigenvalue weighted by Gasteiger charge is -2.42. The molecule has 0 radical (unpaired) electrons. The quantitative estimate of drug-likeness (QED) is 0.689. The fourth-order valence-corrected chi connectivity index (χ4v) is 4.94. The van der Waals surface area contributed by atoms with E-state index in [1.807, 2.05) is 0 Å². The van der Waals surface area contributed by atoms with Crippen molar-refractivity contribution in [2.24, 2.45) is 0 Å². The Labute approximate surface area is 151 Å². The van der Waals surface area contributed by atoms with Gasteiger partial charge in [0.2, 0.25) is 20.0 Å².